The Morgan fingerprint density at radius 3 is 1.75 bits per heavy atom. The SMILES string of the molecule is [Br][Mg][Br].[CH2]C(C)CC. The van der Waals surface area contributed by atoms with E-state index in [-0.39, 0.29) is 16.0 Å². The predicted octanol–water partition coefficient (Wildman–Crippen LogP) is 3.18. The van der Waals surface area contributed by atoms with Gasteiger partial charge in [-0.1, -0.05) is 27.2 Å². The molecule has 0 rings (SSSR count). The van der Waals surface area contributed by atoms with E-state index in [0.717, 1.165) is 0 Å². The van der Waals surface area contributed by atoms with Gasteiger partial charge in [-0.15, -0.1) is 0 Å². The molecule has 0 heterocycles. The average molecular weight is 255 g/mol. The molecule has 0 fully saturated rings. The zero-order chi connectivity index (χ0) is 6.99. The highest BCUT2D eigenvalue weighted by atomic mass is 79.9. The van der Waals surface area contributed by atoms with Gasteiger partial charge in [-0.05, 0) is 5.92 Å². The lowest BCUT2D eigenvalue weighted by molar-refractivity contribution is 0.694. The van der Waals surface area contributed by atoms with Crippen LogP contribution in [0.25, 0.3) is 0 Å². The molecular weight excluding hydrogens is 244 g/mol. The Bertz CT molecular complexity index is 31.6. The second kappa shape index (κ2) is 11.5. The van der Waals surface area contributed by atoms with Crippen LogP contribution in [-0.2, 0) is 0 Å². The molecule has 0 N–H and O–H groups in total. The fourth-order valence-electron chi connectivity index (χ4n) is 0. The van der Waals surface area contributed by atoms with Crippen LogP contribution in [0.15, 0.2) is 0 Å². The van der Waals surface area contributed by atoms with Gasteiger partial charge in [0.1, 0.15) is 0 Å². The predicted molar refractivity (Wildman–Crippen MR) is 48.4 cm³/mol. The molecule has 0 bridgehead atoms. The third-order valence-electron chi connectivity index (χ3n) is 0.697. The Morgan fingerprint density at radius 2 is 1.75 bits per heavy atom. The van der Waals surface area contributed by atoms with Gasteiger partial charge in [0.2, 0.25) is 0 Å². The number of rotatable bonds is 1. The highest BCUT2D eigenvalue weighted by Gasteiger charge is 1.80. The van der Waals surface area contributed by atoms with Crippen LogP contribution >= 0.6 is 25.8 Å². The van der Waals surface area contributed by atoms with Crippen molar-refractivity contribution < 1.29 is 0 Å². The number of halogens is 2. The quantitative estimate of drug-likeness (QED) is 0.631. The Hall–Kier alpha value is 1.73. The van der Waals surface area contributed by atoms with Crippen LogP contribution < -0.4 is 0 Å². The zero-order valence-corrected chi connectivity index (χ0v) is 10.0. The van der Waals surface area contributed by atoms with Gasteiger partial charge in [0.25, 0.3) is 0 Å². The Morgan fingerprint density at radius 1 is 1.62 bits per heavy atom. The van der Waals surface area contributed by atoms with Gasteiger partial charge in [0.05, 0.1) is 0 Å². The van der Waals surface area contributed by atoms with Crippen LogP contribution in [0.2, 0.25) is 0 Å². The van der Waals surface area contributed by atoms with Crippen molar-refractivity contribution in [3.63, 3.8) is 0 Å². The van der Waals surface area contributed by atoms with Crippen LogP contribution in [-0.4, -0.2) is 16.0 Å². The molecule has 0 aliphatic rings. The number of hydrogen-bond donors (Lipinski definition) is 0. The largest absolute Gasteiger partial charge is 0.560 e. The number of hydrogen-bond acceptors (Lipinski definition) is 0. The summed E-state index contributed by atoms with van der Waals surface area (Å²) >= 11 is 6.44. The molecule has 1 atom stereocenters. The lowest BCUT2D eigenvalue weighted by Gasteiger charge is -1.90. The third-order valence-corrected chi connectivity index (χ3v) is 0.697. The molecule has 1 unspecified atom stereocenters. The fourth-order valence-corrected chi connectivity index (χ4v) is 0. The van der Waals surface area contributed by atoms with Crippen molar-refractivity contribution >= 4 is 41.8 Å². The van der Waals surface area contributed by atoms with Crippen molar-refractivity contribution in [2.45, 2.75) is 20.3 Å². The minimum absolute atomic E-state index is 0.0417. The van der Waals surface area contributed by atoms with E-state index >= 15 is 0 Å². The van der Waals surface area contributed by atoms with Gasteiger partial charge in [-0.3, -0.25) is 25.8 Å². The summed E-state index contributed by atoms with van der Waals surface area (Å²) in [6.07, 6.45) is 1.19. The molecule has 0 aromatic rings. The lowest BCUT2D eigenvalue weighted by Crippen LogP contribution is -1.77. The summed E-state index contributed by atoms with van der Waals surface area (Å²) in [7, 11) is 0. The Kier molecular flexibility index (Phi) is 17.9. The standard InChI is InChI=1S/C5H11.2BrH.Mg/c1-4-5(2)3;;;/h5H,2,4H2,1,3H3;2*1H;/q;;;+2/p-2. The minimum atomic E-state index is 0.0417. The van der Waals surface area contributed by atoms with Gasteiger partial charge in [-0.25, -0.2) is 0 Å². The van der Waals surface area contributed by atoms with Crippen molar-refractivity contribution in [2.24, 2.45) is 5.92 Å². The second-order valence-electron chi connectivity index (χ2n) is 1.61. The molecule has 0 saturated carbocycles. The zero-order valence-electron chi connectivity index (χ0n) is 5.45. The summed E-state index contributed by atoms with van der Waals surface area (Å²) in [5.41, 5.74) is 0. The topological polar surface area (TPSA) is 0 Å². The summed E-state index contributed by atoms with van der Waals surface area (Å²) in [5, 5.41) is 0. The van der Waals surface area contributed by atoms with Gasteiger partial charge in [-0.2, -0.15) is 0 Å². The van der Waals surface area contributed by atoms with Gasteiger partial charge in [0.15, 0.2) is 0 Å². The van der Waals surface area contributed by atoms with Crippen LogP contribution in [0, 0.1) is 12.8 Å². The van der Waals surface area contributed by atoms with Crippen LogP contribution in [0.5, 0.6) is 0 Å². The van der Waals surface area contributed by atoms with Crippen molar-refractivity contribution in [3.05, 3.63) is 6.92 Å². The Labute approximate surface area is 74.3 Å². The molecule has 0 aliphatic carbocycles. The van der Waals surface area contributed by atoms with E-state index in [9.17, 15) is 0 Å². The summed E-state index contributed by atoms with van der Waals surface area (Å²) in [6.45, 7) is 8.00. The fraction of sp³-hybridized carbons (Fsp3) is 0.800. The normalized spacial score (nSPS) is 7.25. The van der Waals surface area contributed by atoms with Crippen molar-refractivity contribution in [1.29, 1.82) is 0 Å². The molecule has 0 aromatic carbocycles. The van der Waals surface area contributed by atoms with Crippen LogP contribution in [0.1, 0.15) is 20.3 Å². The highest BCUT2D eigenvalue weighted by Crippen LogP contribution is 1.93. The van der Waals surface area contributed by atoms with E-state index in [0.29, 0.717) is 5.92 Å². The van der Waals surface area contributed by atoms with E-state index in [1.165, 1.54) is 6.42 Å². The first-order valence-electron chi connectivity index (χ1n) is 2.64. The first-order valence-corrected chi connectivity index (χ1v) is 10.4. The van der Waals surface area contributed by atoms with Crippen LogP contribution in [0.4, 0.5) is 0 Å². The molecular formula is C5H11Br2Mg. The highest BCUT2D eigenvalue weighted by molar-refractivity contribution is 9.47. The van der Waals surface area contributed by atoms with E-state index < -0.39 is 0 Å². The summed E-state index contributed by atoms with van der Waals surface area (Å²) in [6, 6.07) is 0. The van der Waals surface area contributed by atoms with Crippen molar-refractivity contribution in [2.75, 3.05) is 0 Å². The molecule has 0 amide bonds. The van der Waals surface area contributed by atoms with E-state index in [1.807, 2.05) is 0 Å². The molecule has 0 spiro atoms. The monoisotopic (exact) mass is 253 g/mol. The summed E-state index contributed by atoms with van der Waals surface area (Å²) in [5.74, 6) is 0.634. The maximum absolute atomic E-state index is 3.76. The molecule has 0 aromatic heterocycles. The van der Waals surface area contributed by atoms with E-state index in [1.54, 1.807) is 0 Å². The molecule has 3 heteroatoms. The maximum atomic E-state index is 3.76. The molecule has 47 valence electrons. The smallest absolute Gasteiger partial charge is 0.280 e. The first kappa shape index (κ1) is 12.4. The Balaban J connectivity index is 0. The van der Waals surface area contributed by atoms with Crippen LogP contribution in [0.3, 0.4) is 0 Å². The molecule has 0 nitrogen and oxygen atoms in total. The molecule has 0 saturated heterocycles. The third kappa shape index (κ3) is 25.2. The van der Waals surface area contributed by atoms with E-state index in [4.69, 9.17) is 0 Å². The first-order chi connectivity index (χ1) is 3.68. The molecule has 0 aliphatic heterocycles. The van der Waals surface area contributed by atoms with Crippen molar-refractivity contribution in [1.82, 2.24) is 0 Å². The van der Waals surface area contributed by atoms with Gasteiger partial charge < -0.3 is 0 Å². The summed E-state index contributed by atoms with van der Waals surface area (Å²) in [4.78, 5) is 0. The lowest BCUT2D eigenvalue weighted by atomic mass is 10.2. The average Bonchev–Trinajstić information content (AvgIpc) is 1.69. The maximum Gasteiger partial charge on any atom is 0.560 e. The van der Waals surface area contributed by atoms with Gasteiger partial charge in [0, 0.05) is 0 Å². The van der Waals surface area contributed by atoms with Crippen molar-refractivity contribution in [3.8, 4) is 0 Å². The van der Waals surface area contributed by atoms with Gasteiger partial charge >= 0.3 is 16.0 Å². The molecule has 8 heavy (non-hydrogen) atoms. The molecule has 1 radical (unpaired) electrons. The second-order valence-corrected chi connectivity index (χ2v) is 9.70. The minimum Gasteiger partial charge on any atom is -0.280 e. The van der Waals surface area contributed by atoms with E-state index in [2.05, 4.69) is 46.5 Å². The summed E-state index contributed by atoms with van der Waals surface area (Å²) < 4.78 is 0.